The van der Waals surface area contributed by atoms with Crippen molar-refractivity contribution in [2.75, 3.05) is 5.75 Å². The van der Waals surface area contributed by atoms with Gasteiger partial charge in [-0.25, -0.2) is 4.79 Å². The van der Waals surface area contributed by atoms with Crippen molar-refractivity contribution in [2.45, 2.75) is 56.3 Å². The van der Waals surface area contributed by atoms with Gasteiger partial charge in [0, 0.05) is 18.6 Å². The third-order valence-corrected chi connectivity index (χ3v) is 5.52. The van der Waals surface area contributed by atoms with E-state index in [1.165, 1.54) is 12.1 Å². The number of carboxylic acids is 1. The number of benzene rings is 1. The van der Waals surface area contributed by atoms with Gasteiger partial charge < -0.3 is 43.4 Å². The second kappa shape index (κ2) is 15.3. The van der Waals surface area contributed by atoms with Crippen molar-refractivity contribution in [1.82, 2.24) is 16.0 Å². The Bertz CT molecular complexity index is 990. The van der Waals surface area contributed by atoms with E-state index in [4.69, 9.17) is 17.2 Å². The van der Waals surface area contributed by atoms with Gasteiger partial charge >= 0.3 is 5.97 Å². The molecule has 4 unspecified atom stereocenters. The third kappa shape index (κ3) is 11.6. The highest BCUT2D eigenvalue weighted by molar-refractivity contribution is 7.80. The molecular formula is C22H32N6O8S. The summed E-state index contributed by atoms with van der Waals surface area (Å²) in [5.41, 5.74) is 16.8. The number of phenolic OH excluding ortho intramolecular Hbond substituents is 1. The number of carbonyl (C=O) groups excluding carboxylic acids is 5. The van der Waals surface area contributed by atoms with Crippen LogP contribution in [0, 0.1) is 0 Å². The molecule has 5 amide bonds. The van der Waals surface area contributed by atoms with Crippen LogP contribution in [0.3, 0.4) is 0 Å². The van der Waals surface area contributed by atoms with Crippen molar-refractivity contribution in [3.05, 3.63) is 29.8 Å². The number of carbonyl (C=O) groups is 6. The first-order chi connectivity index (χ1) is 17.3. The monoisotopic (exact) mass is 540 g/mol. The van der Waals surface area contributed by atoms with E-state index < -0.39 is 59.7 Å². The summed E-state index contributed by atoms with van der Waals surface area (Å²) in [5.74, 6) is -5.57. The maximum absolute atomic E-state index is 12.9. The van der Waals surface area contributed by atoms with E-state index in [1.807, 2.05) is 0 Å². The maximum Gasteiger partial charge on any atom is 0.326 e. The van der Waals surface area contributed by atoms with Gasteiger partial charge in [0.05, 0.1) is 6.04 Å². The first kappa shape index (κ1) is 31.2. The van der Waals surface area contributed by atoms with Gasteiger partial charge in [-0.1, -0.05) is 12.1 Å². The lowest BCUT2D eigenvalue weighted by molar-refractivity contribution is -0.142. The molecule has 0 spiro atoms. The number of rotatable bonds is 16. The summed E-state index contributed by atoms with van der Waals surface area (Å²) in [6.45, 7) is 0. The average molecular weight is 541 g/mol. The normalized spacial score (nSPS) is 13.9. The van der Waals surface area contributed by atoms with Crippen LogP contribution in [0.1, 0.15) is 31.2 Å². The number of aliphatic carboxylic acids is 1. The zero-order chi connectivity index (χ0) is 28.1. The molecule has 0 heterocycles. The molecule has 204 valence electrons. The summed E-state index contributed by atoms with van der Waals surface area (Å²) >= 11 is 4.01. The molecule has 14 nitrogen and oxygen atoms in total. The summed E-state index contributed by atoms with van der Waals surface area (Å²) in [7, 11) is 0. The van der Waals surface area contributed by atoms with Crippen molar-refractivity contribution >= 4 is 48.1 Å². The highest BCUT2D eigenvalue weighted by Crippen LogP contribution is 2.11. The van der Waals surface area contributed by atoms with E-state index in [-0.39, 0.29) is 43.6 Å². The molecule has 11 N–H and O–H groups in total. The van der Waals surface area contributed by atoms with Crippen LogP contribution in [0.5, 0.6) is 5.75 Å². The standard InChI is InChI=1S/C22H32N6O8S/c23-13(9-11-1-3-12(29)4-2-11)19(32)26-14(5-7-17(24)30)20(33)28-16(10-37)21(34)27-15(22(35)36)6-8-18(25)31/h1-4,13-16,29,37H,5-10,23H2,(H2,24,30)(H2,25,31)(H,26,32)(H,27,34)(H,28,33)(H,35,36). The number of thiol groups is 1. The van der Waals surface area contributed by atoms with E-state index in [9.17, 15) is 39.0 Å². The van der Waals surface area contributed by atoms with Gasteiger partial charge in [0.2, 0.25) is 29.5 Å². The van der Waals surface area contributed by atoms with Crippen LogP contribution in [0.15, 0.2) is 24.3 Å². The molecule has 0 aliphatic carbocycles. The number of nitrogens with one attached hydrogen (secondary N) is 3. The SMILES string of the molecule is NC(=O)CCC(NC(=O)C(CS)NC(=O)C(CCC(N)=O)NC(=O)C(N)Cc1ccc(O)cc1)C(=O)O. The number of primary amides is 2. The molecule has 15 heteroatoms. The van der Waals surface area contributed by atoms with Gasteiger partial charge in [0.25, 0.3) is 0 Å². The number of carboxylic acid groups (broad SMARTS) is 1. The second-order valence-electron chi connectivity index (χ2n) is 8.19. The van der Waals surface area contributed by atoms with Crippen molar-refractivity contribution in [3.8, 4) is 5.75 Å². The molecule has 0 saturated carbocycles. The Kier molecular flexibility index (Phi) is 12.9. The molecule has 0 aliphatic rings. The molecular weight excluding hydrogens is 508 g/mol. The average Bonchev–Trinajstić information content (AvgIpc) is 2.83. The summed E-state index contributed by atoms with van der Waals surface area (Å²) in [6, 6.07) is 0.855. The van der Waals surface area contributed by atoms with Crippen molar-refractivity contribution in [1.29, 1.82) is 0 Å². The smallest absolute Gasteiger partial charge is 0.326 e. The Hall–Kier alpha value is -3.85. The van der Waals surface area contributed by atoms with Crippen LogP contribution in [0.25, 0.3) is 0 Å². The largest absolute Gasteiger partial charge is 0.508 e. The lowest BCUT2D eigenvalue weighted by Crippen LogP contribution is -2.58. The lowest BCUT2D eigenvalue weighted by Gasteiger charge is -2.24. The molecule has 0 radical (unpaired) electrons. The van der Waals surface area contributed by atoms with Gasteiger partial charge in [-0.05, 0) is 37.0 Å². The van der Waals surface area contributed by atoms with Gasteiger partial charge in [-0.3, -0.25) is 24.0 Å². The highest BCUT2D eigenvalue weighted by atomic mass is 32.1. The molecule has 37 heavy (non-hydrogen) atoms. The topological polar surface area (TPSA) is 257 Å². The van der Waals surface area contributed by atoms with E-state index in [1.54, 1.807) is 12.1 Å². The Morgan fingerprint density at radius 1 is 0.784 bits per heavy atom. The van der Waals surface area contributed by atoms with Crippen LogP contribution in [-0.2, 0) is 35.2 Å². The van der Waals surface area contributed by atoms with E-state index >= 15 is 0 Å². The van der Waals surface area contributed by atoms with Crippen molar-refractivity contribution in [3.63, 3.8) is 0 Å². The van der Waals surface area contributed by atoms with Crippen LogP contribution in [0.4, 0.5) is 0 Å². The molecule has 1 aromatic carbocycles. The Morgan fingerprint density at radius 3 is 1.73 bits per heavy atom. The fraction of sp³-hybridized carbons (Fsp3) is 0.455. The summed E-state index contributed by atoms with van der Waals surface area (Å²) < 4.78 is 0. The van der Waals surface area contributed by atoms with E-state index in [0.29, 0.717) is 5.56 Å². The number of hydrogen-bond acceptors (Lipinski definition) is 9. The molecule has 0 aromatic heterocycles. The molecule has 0 fully saturated rings. The predicted octanol–water partition coefficient (Wildman–Crippen LogP) is -2.74. The van der Waals surface area contributed by atoms with Crippen LogP contribution >= 0.6 is 12.6 Å². The number of aromatic hydroxyl groups is 1. The summed E-state index contributed by atoms with van der Waals surface area (Å²) in [5, 5.41) is 25.6. The van der Waals surface area contributed by atoms with Crippen molar-refractivity contribution in [2.24, 2.45) is 17.2 Å². The molecule has 1 aromatic rings. The second-order valence-corrected chi connectivity index (χ2v) is 8.56. The van der Waals surface area contributed by atoms with Gasteiger partial charge in [-0.2, -0.15) is 12.6 Å². The van der Waals surface area contributed by atoms with Gasteiger partial charge in [0.1, 0.15) is 23.9 Å². The fourth-order valence-electron chi connectivity index (χ4n) is 3.10. The molecule has 0 saturated heterocycles. The molecule has 1 rings (SSSR count). The molecule has 0 bridgehead atoms. The summed E-state index contributed by atoms with van der Waals surface area (Å²) in [6.07, 6.45) is -0.936. The van der Waals surface area contributed by atoms with Crippen LogP contribution in [-0.4, -0.2) is 75.6 Å². The minimum absolute atomic E-state index is 0.0373. The van der Waals surface area contributed by atoms with Gasteiger partial charge in [0.15, 0.2) is 0 Å². The third-order valence-electron chi connectivity index (χ3n) is 5.15. The Morgan fingerprint density at radius 2 is 1.24 bits per heavy atom. The quantitative estimate of drug-likeness (QED) is 0.0984. The number of amides is 5. The zero-order valence-corrected chi connectivity index (χ0v) is 20.8. The molecule has 4 atom stereocenters. The number of phenols is 1. The molecule has 0 aliphatic heterocycles. The van der Waals surface area contributed by atoms with Gasteiger partial charge in [-0.15, -0.1) is 0 Å². The first-order valence-electron chi connectivity index (χ1n) is 11.2. The number of nitrogens with two attached hydrogens (primary N) is 3. The predicted molar refractivity (Wildman–Crippen MR) is 134 cm³/mol. The fourth-order valence-corrected chi connectivity index (χ4v) is 3.35. The Labute approximate surface area is 218 Å². The van der Waals surface area contributed by atoms with E-state index in [2.05, 4.69) is 28.6 Å². The van der Waals surface area contributed by atoms with Crippen LogP contribution < -0.4 is 33.2 Å². The first-order valence-corrected chi connectivity index (χ1v) is 11.8. The minimum atomic E-state index is -1.44. The number of hydrogen-bond donors (Lipinski definition) is 9. The Balaban J connectivity index is 2.88. The highest BCUT2D eigenvalue weighted by Gasteiger charge is 2.30. The van der Waals surface area contributed by atoms with Crippen molar-refractivity contribution < 1.29 is 39.0 Å². The van der Waals surface area contributed by atoms with Crippen LogP contribution in [0.2, 0.25) is 0 Å². The van der Waals surface area contributed by atoms with E-state index in [0.717, 1.165) is 0 Å². The lowest BCUT2D eigenvalue weighted by atomic mass is 10.0. The zero-order valence-electron chi connectivity index (χ0n) is 19.9. The minimum Gasteiger partial charge on any atom is -0.508 e. The maximum atomic E-state index is 12.9. The summed E-state index contributed by atoms with van der Waals surface area (Å²) in [4.78, 5) is 71.7.